The number of hydrogen-bond donors (Lipinski definition) is 6. The third-order valence-corrected chi connectivity index (χ3v) is 11.3. The van der Waals surface area contributed by atoms with Crippen molar-refractivity contribution >= 4 is 47.9 Å². The van der Waals surface area contributed by atoms with Gasteiger partial charge in [0.1, 0.15) is 40.5 Å². The summed E-state index contributed by atoms with van der Waals surface area (Å²) in [6, 6.07) is 14.9. The summed E-state index contributed by atoms with van der Waals surface area (Å²) in [7, 11) is 1.21. The monoisotopic (exact) mass is 1010 g/mol. The Morgan fingerprint density at radius 3 is 1.58 bits per heavy atom. The molecule has 1 aliphatic heterocycles. The molecule has 7 amide bonds. The first-order valence-electron chi connectivity index (χ1n) is 24.9. The van der Waals surface area contributed by atoms with Crippen LogP contribution in [0.25, 0.3) is 0 Å². The Kier molecular flexibility index (Phi) is 22.8. The minimum Gasteiger partial charge on any atom is -0.467 e. The number of alkyl carbamates (subject to hydrolysis) is 3. The Morgan fingerprint density at radius 1 is 0.597 bits per heavy atom. The third-order valence-electron chi connectivity index (χ3n) is 11.3. The number of carbonyl (C=O) groups excluding carboxylic acids is 8. The van der Waals surface area contributed by atoms with Crippen molar-refractivity contribution in [1.29, 1.82) is 0 Å². The number of rotatable bonds is 22. The lowest BCUT2D eigenvalue weighted by Crippen LogP contribution is -2.63. The zero-order chi connectivity index (χ0) is 53.9. The van der Waals surface area contributed by atoms with Crippen LogP contribution in [0.3, 0.4) is 0 Å². The normalized spacial score (nSPS) is 15.3. The fourth-order valence-electron chi connectivity index (χ4n) is 7.91. The predicted molar refractivity (Wildman–Crippen MR) is 271 cm³/mol. The van der Waals surface area contributed by atoms with E-state index in [4.69, 9.17) is 18.9 Å². The molecule has 1 heterocycles. The molecule has 1 saturated heterocycles. The molecule has 0 aliphatic carbocycles. The number of carbonyl (C=O) groups is 8. The molecule has 19 heteroatoms. The van der Waals surface area contributed by atoms with Gasteiger partial charge >= 0.3 is 24.2 Å². The Labute approximate surface area is 425 Å². The lowest BCUT2D eigenvalue weighted by Gasteiger charge is -2.41. The van der Waals surface area contributed by atoms with Gasteiger partial charge in [-0.05, 0) is 124 Å². The molecular weight excluding hydrogens is 927 g/mol. The summed E-state index contributed by atoms with van der Waals surface area (Å²) in [6.07, 6.45) is -0.705. The maximum Gasteiger partial charge on any atom is 0.408 e. The van der Waals surface area contributed by atoms with E-state index in [1.165, 1.54) is 12.0 Å². The maximum absolute atomic E-state index is 14.5. The molecule has 1 aliphatic rings. The van der Waals surface area contributed by atoms with Crippen LogP contribution < -0.4 is 31.9 Å². The van der Waals surface area contributed by atoms with Gasteiger partial charge in [-0.1, -0.05) is 74.5 Å². The predicted octanol–water partition coefficient (Wildman–Crippen LogP) is 5.87. The van der Waals surface area contributed by atoms with Crippen molar-refractivity contribution in [2.75, 3.05) is 33.3 Å². The van der Waals surface area contributed by atoms with Gasteiger partial charge in [-0.15, -0.1) is 0 Å². The fourth-order valence-corrected chi connectivity index (χ4v) is 7.91. The van der Waals surface area contributed by atoms with Crippen LogP contribution in [-0.4, -0.2) is 127 Å². The standard InChI is InChI=1S/C53H81N7O12/c1-35(2)31-40(58-44(63)41(33-37-23-17-14-18-24-37)57-42(61)38(32-36-21-15-13-16-22-36)34-55-48(67)71-51(6,7)8)43(62)56-39(25-19-20-28-54-47(66)70-50(3,4)5)45(64)60-29-26-53(27-30-60,46(65)69-12)59-49(68)72-52(9,10)11/h13-18,21-24,35,38-41H,19-20,25-34H2,1-12H3,(H,54,66)(H,55,67)(H,56,62)(H,57,61)(H,58,63)(H,59,68). The number of benzene rings is 2. The van der Waals surface area contributed by atoms with E-state index < -0.39 is 94.3 Å². The quantitative estimate of drug-likeness (QED) is 0.0461. The molecule has 72 heavy (non-hydrogen) atoms. The van der Waals surface area contributed by atoms with Gasteiger partial charge < -0.3 is 55.7 Å². The number of esters is 1. The zero-order valence-corrected chi connectivity index (χ0v) is 44.5. The van der Waals surface area contributed by atoms with Crippen LogP contribution in [0.1, 0.15) is 126 Å². The number of ether oxygens (including phenoxy) is 4. The Bertz CT molecular complexity index is 2110. The van der Waals surface area contributed by atoms with Gasteiger partial charge in [0, 0.05) is 32.6 Å². The smallest absolute Gasteiger partial charge is 0.408 e. The molecule has 0 radical (unpaired) electrons. The third kappa shape index (κ3) is 21.9. The van der Waals surface area contributed by atoms with E-state index in [-0.39, 0.29) is 70.6 Å². The summed E-state index contributed by atoms with van der Waals surface area (Å²) in [5.74, 6) is -3.88. The molecule has 0 bridgehead atoms. The van der Waals surface area contributed by atoms with E-state index in [1.54, 1.807) is 62.3 Å². The van der Waals surface area contributed by atoms with Crippen molar-refractivity contribution < 1.29 is 57.3 Å². The number of piperidine rings is 1. The lowest BCUT2D eigenvalue weighted by atomic mass is 9.87. The average Bonchev–Trinajstić information content (AvgIpc) is 3.27. The van der Waals surface area contributed by atoms with Crippen LogP contribution in [-0.2, 0) is 55.8 Å². The molecule has 4 atom stereocenters. The molecule has 1 fully saturated rings. The first-order valence-corrected chi connectivity index (χ1v) is 24.9. The van der Waals surface area contributed by atoms with E-state index in [0.29, 0.717) is 12.8 Å². The second-order valence-corrected chi connectivity index (χ2v) is 21.7. The first kappa shape index (κ1) is 59.9. The van der Waals surface area contributed by atoms with Gasteiger partial charge in [0.15, 0.2) is 0 Å². The molecule has 2 aromatic carbocycles. The van der Waals surface area contributed by atoms with E-state index in [2.05, 4.69) is 31.9 Å². The average molecular weight is 1010 g/mol. The number of nitrogens with zero attached hydrogens (tertiary/aromatic N) is 1. The summed E-state index contributed by atoms with van der Waals surface area (Å²) in [5.41, 5.74) is -2.23. The van der Waals surface area contributed by atoms with Crippen molar-refractivity contribution in [2.45, 2.75) is 168 Å². The summed E-state index contributed by atoms with van der Waals surface area (Å²) in [5, 5.41) is 16.8. The van der Waals surface area contributed by atoms with Crippen molar-refractivity contribution in [1.82, 2.24) is 36.8 Å². The molecule has 2 aromatic rings. The lowest BCUT2D eigenvalue weighted by molar-refractivity contribution is -0.153. The molecule has 0 spiro atoms. The highest BCUT2D eigenvalue weighted by Gasteiger charge is 2.46. The highest BCUT2D eigenvalue weighted by Crippen LogP contribution is 2.26. The van der Waals surface area contributed by atoms with E-state index in [9.17, 15) is 38.4 Å². The molecule has 3 rings (SSSR count). The molecule has 0 aromatic heterocycles. The molecule has 4 unspecified atom stereocenters. The number of hydrogen-bond acceptors (Lipinski definition) is 12. The number of nitrogens with one attached hydrogen (secondary N) is 6. The highest BCUT2D eigenvalue weighted by molar-refractivity contribution is 5.95. The largest absolute Gasteiger partial charge is 0.467 e. The van der Waals surface area contributed by atoms with Crippen molar-refractivity contribution in [2.24, 2.45) is 11.8 Å². The minimum atomic E-state index is -1.48. The van der Waals surface area contributed by atoms with Crippen LogP contribution in [0, 0.1) is 11.8 Å². The molecule has 0 saturated carbocycles. The summed E-state index contributed by atoms with van der Waals surface area (Å²) < 4.78 is 21.3. The second kappa shape index (κ2) is 27.4. The Morgan fingerprint density at radius 2 is 1.07 bits per heavy atom. The maximum atomic E-state index is 14.5. The SMILES string of the molecule is COC(=O)C1(NC(=O)OC(C)(C)C)CCN(C(=O)C(CCCCNC(=O)OC(C)(C)C)NC(=O)C(CC(C)C)NC(=O)C(Cc2ccccc2)NC(=O)C(CNC(=O)OC(C)(C)C)Cc2ccccc2)CC1. The van der Waals surface area contributed by atoms with Gasteiger partial charge in [-0.2, -0.15) is 0 Å². The molecule has 6 N–H and O–H groups in total. The zero-order valence-electron chi connectivity index (χ0n) is 44.5. The van der Waals surface area contributed by atoms with Gasteiger partial charge in [-0.3, -0.25) is 19.2 Å². The number of likely N-dealkylation sites (tertiary alicyclic amines) is 1. The second-order valence-electron chi connectivity index (χ2n) is 21.7. The number of methoxy groups -OCH3 is 1. The summed E-state index contributed by atoms with van der Waals surface area (Å²) in [6.45, 7) is 19.5. The van der Waals surface area contributed by atoms with Crippen LogP contribution >= 0.6 is 0 Å². The van der Waals surface area contributed by atoms with E-state index >= 15 is 0 Å². The van der Waals surface area contributed by atoms with Crippen LogP contribution in [0.5, 0.6) is 0 Å². The summed E-state index contributed by atoms with van der Waals surface area (Å²) >= 11 is 0. The fraction of sp³-hybridized carbons (Fsp3) is 0.623. The van der Waals surface area contributed by atoms with Gasteiger partial charge in [-0.25, -0.2) is 19.2 Å². The first-order chi connectivity index (χ1) is 33.6. The minimum absolute atomic E-state index is 0.00500. The molecular formula is C53H81N7O12. The molecule has 19 nitrogen and oxygen atoms in total. The topological polar surface area (TPSA) is 249 Å². The van der Waals surface area contributed by atoms with Crippen LogP contribution in [0.2, 0.25) is 0 Å². The number of amides is 7. The van der Waals surface area contributed by atoms with Crippen LogP contribution in [0.4, 0.5) is 14.4 Å². The Balaban J connectivity index is 1.91. The highest BCUT2D eigenvalue weighted by atomic mass is 16.6. The van der Waals surface area contributed by atoms with Crippen molar-refractivity contribution in [3.05, 3.63) is 71.8 Å². The van der Waals surface area contributed by atoms with E-state index in [0.717, 1.165) is 11.1 Å². The van der Waals surface area contributed by atoms with Gasteiger partial charge in [0.2, 0.25) is 23.6 Å². The van der Waals surface area contributed by atoms with Gasteiger partial charge in [0.25, 0.3) is 0 Å². The van der Waals surface area contributed by atoms with Gasteiger partial charge in [0.05, 0.1) is 13.0 Å². The van der Waals surface area contributed by atoms with E-state index in [1.807, 2.05) is 74.5 Å². The molecule has 400 valence electrons. The van der Waals surface area contributed by atoms with Crippen molar-refractivity contribution in [3.8, 4) is 0 Å². The van der Waals surface area contributed by atoms with Crippen LogP contribution in [0.15, 0.2) is 60.7 Å². The summed E-state index contributed by atoms with van der Waals surface area (Å²) in [4.78, 5) is 110. The van der Waals surface area contributed by atoms with Crippen molar-refractivity contribution in [3.63, 3.8) is 0 Å². The Hall–Kier alpha value is -6.40. The number of unbranched alkanes of at least 4 members (excludes halogenated alkanes) is 1.